The van der Waals surface area contributed by atoms with Gasteiger partial charge in [-0.3, -0.25) is 0 Å². The summed E-state index contributed by atoms with van der Waals surface area (Å²) in [5.74, 6) is -0.942. The zero-order chi connectivity index (χ0) is 26.0. The van der Waals surface area contributed by atoms with Crippen molar-refractivity contribution in [1.82, 2.24) is 14.9 Å². The Kier molecular flexibility index (Phi) is 6.73. The number of carbonyl (C=O) groups excluding carboxylic acids is 1. The first-order chi connectivity index (χ1) is 17.7. The van der Waals surface area contributed by atoms with Crippen molar-refractivity contribution in [3.8, 4) is 5.75 Å². The molecule has 37 heavy (non-hydrogen) atoms. The Morgan fingerprint density at radius 2 is 1.89 bits per heavy atom. The maximum atomic E-state index is 13.7. The van der Waals surface area contributed by atoms with Gasteiger partial charge in [-0.15, -0.1) is 13.2 Å². The molecule has 2 aromatic heterocycles. The van der Waals surface area contributed by atoms with Gasteiger partial charge in [0, 0.05) is 22.6 Å². The summed E-state index contributed by atoms with van der Waals surface area (Å²) in [5, 5.41) is 3.45. The van der Waals surface area contributed by atoms with E-state index in [1.54, 1.807) is 18.2 Å². The Bertz CT molecular complexity index is 1420. The average Bonchev–Trinajstić information content (AvgIpc) is 3.14. The first-order valence-corrected chi connectivity index (χ1v) is 11.7. The van der Waals surface area contributed by atoms with Crippen LogP contribution in [0.4, 0.5) is 22.4 Å². The molecule has 10 heteroatoms. The highest BCUT2D eigenvalue weighted by molar-refractivity contribution is 5.87. The molecule has 1 atom stereocenters. The van der Waals surface area contributed by atoms with Gasteiger partial charge in [-0.25, -0.2) is 9.78 Å². The Balaban J connectivity index is 1.41. The normalized spacial score (nSPS) is 15.3. The van der Waals surface area contributed by atoms with Crippen LogP contribution in [-0.4, -0.2) is 28.0 Å². The highest BCUT2D eigenvalue weighted by atomic mass is 19.4. The Morgan fingerprint density at radius 3 is 2.65 bits per heavy atom. The van der Waals surface area contributed by atoms with Crippen LogP contribution in [-0.2, 0) is 30.7 Å². The zero-order valence-corrected chi connectivity index (χ0v) is 19.6. The number of nitrogens with zero attached hydrogens (tertiary/aromatic N) is 2. The van der Waals surface area contributed by atoms with Gasteiger partial charge in [-0.2, -0.15) is 4.39 Å². The second-order valence-corrected chi connectivity index (χ2v) is 8.84. The van der Waals surface area contributed by atoms with E-state index in [2.05, 4.69) is 15.0 Å². The van der Waals surface area contributed by atoms with Crippen LogP contribution in [0.2, 0.25) is 0 Å². The molecule has 0 aliphatic heterocycles. The first-order valence-electron chi connectivity index (χ1n) is 11.7. The lowest BCUT2D eigenvalue weighted by molar-refractivity contribution is -0.274. The summed E-state index contributed by atoms with van der Waals surface area (Å²) in [6.07, 6.45) is -3.84. The van der Waals surface area contributed by atoms with Crippen LogP contribution in [0.3, 0.4) is 0 Å². The summed E-state index contributed by atoms with van der Waals surface area (Å²) in [5.41, 5.74) is 3.73. The Morgan fingerprint density at radius 1 is 1.08 bits per heavy atom. The van der Waals surface area contributed by atoms with Gasteiger partial charge < -0.3 is 19.4 Å². The molecule has 0 saturated carbocycles. The van der Waals surface area contributed by atoms with E-state index in [0.717, 1.165) is 16.8 Å². The fourth-order valence-corrected chi connectivity index (χ4v) is 4.76. The summed E-state index contributed by atoms with van der Waals surface area (Å²) in [7, 11) is 0. The molecule has 0 bridgehead atoms. The third-order valence-corrected chi connectivity index (χ3v) is 6.30. The minimum Gasteiger partial charge on any atom is -0.445 e. The Labute approximate surface area is 209 Å². The largest absolute Gasteiger partial charge is 0.573 e. The minimum atomic E-state index is -4.83. The van der Waals surface area contributed by atoms with E-state index in [1.165, 1.54) is 18.2 Å². The molecule has 0 saturated heterocycles. The molecule has 2 heterocycles. The predicted molar refractivity (Wildman–Crippen MR) is 127 cm³/mol. The highest BCUT2D eigenvalue weighted by Crippen LogP contribution is 2.36. The molecule has 4 aromatic rings. The smallest absolute Gasteiger partial charge is 0.445 e. The predicted octanol–water partition coefficient (Wildman–Crippen LogP) is 5.91. The van der Waals surface area contributed by atoms with Crippen molar-refractivity contribution in [3.63, 3.8) is 0 Å². The first kappa shape index (κ1) is 24.6. The number of ether oxygens (including phenoxy) is 2. The molecule has 6 nitrogen and oxygen atoms in total. The fraction of sp³-hybridized carbons (Fsp3) is 0.259. The minimum absolute atomic E-state index is 0.128. The van der Waals surface area contributed by atoms with E-state index in [-0.39, 0.29) is 24.9 Å². The molecule has 1 aliphatic carbocycles. The van der Waals surface area contributed by atoms with Crippen molar-refractivity contribution in [2.45, 2.75) is 44.8 Å². The van der Waals surface area contributed by atoms with Gasteiger partial charge in [0.15, 0.2) is 0 Å². The number of halogens is 4. The maximum Gasteiger partial charge on any atom is 0.573 e. The SMILES string of the molecule is O=C(NC1CCc2c(c3cc(OC(F)(F)F)ccc3n2Cc2cccc(F)n2)C1)OCc1ccccc1. The van der Waals surface area contributed by atoms with E-state index in [4.69, 9.17) is 4.74 Å². The summed E-state index contributed by atoms with van der Waals surface area (Å²) in [4.78, 5) is 16.4. The van der Waals surface area contributed by atoms with E-state index >= 15 is 0 Å². The van der Waals surface area contributed by atoms with Crippen molar-refractivity contribution in [2.75, 3.05) is 0 Å². The lowest BCUT2D eigenvalue weighted by Gasteiger charge is -2.25. The Hall–Kier alpha value is -4.08. The molecule has 1 unspecified atom stereocenters. The lowest BCUT2D eigenvalue weighted by Crippen LogP contribution is -2.39. The second kappa shape index (κ2) is 10.1. The number of fused-ring (bicyclic) bond motifs is 3. The van der Waals surface area contributed by atoms with E-state index in [0.29, 0.717) is 35.9 Å². The van der Waals surface area contributed by atoms with Crippen LogP contribution in [0.1, 0.15) is 28.9 Å². The van der Waals surface area contributed by atoms with Gasteiger partial charge in [-0.1, -0.05) is 36.4 Å². The second-order valence-electron chi connectivity index (χ2n) is 8.84. The zero-order valence-electron chi connectivity index (χ0n) is 19.6. The van der Waals surface area contributed by atoms with Gasteiger partial charge in [0.05, 0.1) is 12.2 Å². The van der Waals surface area contributed by atoms with Gasteiger partial charge in [0.25, 0.3) is 0 Å². The molecule has 5 rings (SSSR count). The van der Waals surface area contributed by atoms with Crippen LogP contribution < -0.4 is 10.1 Å². The highest BCUT2D eigenvalue weighted by Gasteiger charge is 2.32. The number of aromatic nitrogens is 2. The molecule has 1 aliphatic rings. The van der Waals surface area contributed by atoms with Crippen LogP contribution in [0.15, 0.2) is 66.7 Å². The molecule has 2 aromatic carbocycles. The summed E-state index contributed by atoms with van der Waals surface area (Å²) in [6, 6.07) is 17.7. The third-order valence-electron chi connectivity index (χ3n) is 6.30. The number of alkyl halides is 3. The van der Waals surface area contributed by atoms with E-state index in [9.17, 15) is 22.4 Å². The van der Waals surface area contributed by atoms with Crippen LogP contribution in [0, 0.1) is 5.95 Å². The number of rotatable bonds is 6. The van der Waals surface area contributed by atoms with Crippen molar-refractivity contribution in [1.29, 1.82) is 0 Å². The third kappa shape index (κ3) is 5.84. The van der Waals surface area contributed by atoms with Crippen molar-refractivity contribution < 1.29 is 31.8 Å². The van der Waals surface area contributed by atoms with Gasteiger partial charge in [0.2, 0.25) is 5.95 Å². The van der Waals surface area contributed by atoms with Crippen molar-refractivity contribution in [3.05, 3.63) is 95.2 Å². The molecule has 0 spiro atoms. The number of alkyl carbamates (subject to hydrolysis) is 1. The molecule has 1 amide bonds. The molecule has 0 fully saturated rings. The number of hydrogen-bond donors (Lipinski definition) is 1. The number of nitrogens with one attached hydrogen (secondary N) is 1. The molecule has 192 valence electrons. The van der Waals surface area contributed by atoms with Gasteiger partial charge >= 0.3 is 12.5 Å². The van der Waals surface area contributed by atoms with Crippen LogP contribution >= 0.6 is 0 Å². The molecule has 0 radical (unpaired) electrons. The van der Waals surface area contributed by atoms with Gasteiger partial charge in [-0.05, 0) is 60.7 Å². The number of pyridine rings is 1. The van der Waals surface area contributed by atoms with E-state index in [1.807, 2.05) is 34.9 Å². The number of amides is 1. The number of hydrogen-bond acceptors (Lipinski definition) is 4. The topological polar surface area (TPSA) is 65.4 Å². The quantitative estimate of drug-likeness (QED) is 0.257. The molecular weight excluding hydrogens is 490 g/mol. The average molecular weight is 513 g/mol. The van der Waals surface area contributed by atoms with E-state index < -0.39 is 18.4 Å². The van der Waals surface area contributed by atoms with Crippen molar-refractivity contribution in [2.24, 2.45) is 0 Å². The summed E-state index contributed by atoms with van der Waals surface area (Å²) < 4.78 is 63.8. The maximum absolute atomic E-state index is 13.7. The number of benzene rings is 2. The summed E-state index contributed by atoms with van der Waals surface area (Å²) >= 11 is 0. The standard InChI is InChI=1S/C27H23F4N3O3/c28-25-8-4-7-19(32-25)15-34-23-11-9-18(33-26(35)36-16-17-5-2-1-3-6-17)13-21(23)22-14-20(10-12-24(22)34)37-27(29,30)31/h1-8,10,12,14,18H,9,11,13,15-16H2,(H,33,35). The van der Waals surface area contributed by atoms with Crippen LogP contribution in [0.25, 0.3) is 10.9 Å². The monoisotopic (exact) mass is 513 g/mol. The number of carbonyl (C=O) groups is 1. The fourth-order valence-electron chi connectivity index (χ4n) is 4.76. The summed E-state index contributed by atoms with van der Waals surface area (Å²) in [6.45, 7) is 0.378. The lowest BCUT2D eigenvalue weighted by atomic mass is 9.91. The molecular formula is C27H23F4N3O3. The van der Waals surface area contributed by atoms with Crippen molar-refractivity contribution >= 4 is 17.0 Å². The van der Waals surface area contributed by atoms with Crippen LogP contribution in [0.5, 0.6) is 5.75 Å². The molecule has 1 N–H and O–H groups in total. The van der Waals surface area contributed by atoms with Gasteiger partial charge in [0.1, 0.15) is 12.4 Å².